The van der Waals surface area contributed by atoms with Crippen LogP contribution in [-0.2, 0) is 9.53 Å². The van der Waals surface area contributed by atoms with E-state index in [1.807, 2.05) is 43.9 Å². The van der Waals surface area contributed by atoms with Crippen molar-refractivity contribution in [1.82, 2.24) is 15.0 Å². The lowest BCUT2D eigenvalue weighted by Crippen LogP contribution is -2.45. The van der Waals surface area contributed by atoms with E-state index >= 15 is 0 Å². The van der Waals surface area contributed by atoms with Gasteiger partial charge in [0.25, 0.3) is 0 Å². The van der Waals surface area contributed by atoms with Crippen LogP contribution in [0, 0.1) is 5.41 Å². The van der Waals surface area contributed by atoms with E-state index in [9.17, 15) is 4.79 Å². The van der Waals surface area contributed by atoms with Crippen molar-refractivity contribution in [1.29, 1.82) is 5.41 Å². The van der Waals surface area contributed by atoms with Gasteiger partial charge in [-0.15, -0.1) is 0 Å². The van der Waals surface area contributed by atoms with Crippen molar-refractivity contribution < 1.29 is 14.1 Å². The summed E-state index contributed by atoms with van der Waals surface area (Å²) >= 11 is 0. The van der Waals surface area contributed by atoms with Gasteiger partial charge in [0.15, 0.2) is 0 Å². The molecular formula is C23H34N6O3. The molecule has 0 unspecified atom stereocenters. The third-order valence-electron chi connectivity index (χ3n) is 5.69. The molecule has 2 aromatic rings. The molecule has 2 N–H and O–H groups in total. The number of carbonyl (C=O) groups is 1. The number of rotatable bonds is 6. The van der Waals surface area contributed by atoms with E-state index in [-0.39, 0.29) is 5.60 Å². The highest BCUT2D eigenvalue weighted by atomic mass is 16.5. The maximum absolute atomic E-state index is 10.8. The molecule has 174 valence electrons. The average Bonchev–Trinajstić information content (AvgIpc) is 3.26. The molecule has 2 fully saturated rings. The number of ether oxygens (including phenoxy) is 1. The molecule has 32 heavy (non-hydrogen) atoms. The Bertz CT molecular complexity index is 895. The fourth-order valence-electron chi connectivity index (χ4n) is 3.20. The van der Waals surface area contributed by atoms with Crippen molar-refractivity contribution >= 4 is 24.3 Å². The van der Waals surface area contributed by atoms with E-state index in [4.69, 9.17) is 14.7 Å². The Morgan fingerprint density at radius 2 is 1.91 bits per heavy atom. The second-order valence-electron chi connectivity index (χ2n) is 9.06. The molecule has 0 radical (unpaired) electrons. The number of nitrogens with one attached hydrogen (secondary N) is 2. The molecular weight excluding hydrogens is 408 g/mol. The predicted molar refractivity (Wildman–Crippen MR) is 125 cm³/mol. The topological polar surface area (TPSA) is 108 Å². The number of aromatic nitrogens is 2. The average molecular weight is 443 g/mol. The first kappa shape index (κ1) is 23.7. The minimum absolute atomic E-state index is 0.0417. The first-order valence-electron chi connectivity index (χ1n) is 11.1. The van der Waals surface area contributed by atoms with Gasteiger partial charge in [0.05, 0.1) is 5.60 Å². The van der Waals surface area contributed by atoms with Crippen LogP contribution in [0.2, 0.25) is 0 Å². The predicted octanol–water partition coefficient (Wildman–Crippen LogP) is 3.41. The van der Waals surface area contributed by atoms with E-state index < -0.39 is 0 Å². The van der Waals surface area contributed by atoms with Gasteiger partial charge in [-0.05, 0) is 46.1 Å². The quantitative estimate of drug-likeness (QED) is 0.521. The van der Waals surface area contributed by atoms with Crippen molar-refractivity contribution in [2.45, 2.75) is 51.7 Å². The molecule has 1 saturated heterocycles. The molecule has 1 aromatic carbocycles. The molecule has 1 aliphatic heterocycles. The van der Waals surface area contributed by atoms with Gasteiger partial charge in [0.1, 0.15) is 0 Å². The van der Waals surface area contributed by atoms with Gasteiger partial charge in [-0.2, -0.15) is 4.98 Å². The van der Waals surface area contributed by atoms with Gasteiger partial charge in [0, 0.05) is 62.4 Å². The maximum Gasteiger partial charge on any atom is 0.324 e. The Labute approximate surface area is 189 Å². The summed E-state index contributed by atoms with van der Waals surface area (Å²) in [5, 5.41) is 15.2. The Morgan fingerprint density at radius 3 is 2.44 bits per heavy atom. The fraction of sp³-hybridized carbons (Fsp3) is 0.565. The standard InChI is InChI=1S/C18H22N6O2.C5H12O/c19-11-14-5-4-13(10-16(14)20-15-2-1-3-15)17-21-18(26-22-17)24-8-6-23(12-25)7-9-24;1-5(2,3)6-4/h4-5,10-12,15,19-20H,1-3,6-9H2;1-4H3. The zero-order valence-corrected chi connectivity index (χ0v) is 19.4. The van der Waals surface area contributed by atoms with Gasteiger partial charge in [-0.25, -0.2) is 0 Å². The van der Waals surface area contributed by atoms with E-state index in [0.717, 1.165) is 23.2 Å². The number of piperazine rings is 1. The normalized spacial score (nSPS) is 16.6. The smallest absolute Gasteiger partial charge is 0.324 e. The summed E-state index contributed by atoms with van der Waals surface area (Å²) in [6, 6.07) is 6.76. The van der Waals surface area contributed by atoms with Crippen LogP contribution in [0.4, 0.5) is 11.7 Å². The Kier molecular flexibility index (Phi) is 7.84. The van der Waals surface area contributed by atoms with Crippen molar-refractivity contribution in [3.05, 3.63) is 23.8 Å². The molecule has 1 saturated carbocycles. The molecule has 0 spiro atoms. The lowest BCUT2D eigenvalue weighted by molar-refractivity contribution is -0.118. The Morgan fingerprint density at radius 1 is 1.22 bits per heavy atom. The number of hydrogen-bond acceptors (Lipinski definition) is 8. The van der Waals surface area contributed by atoms with Crippen molar-refractivity contribution in [3.63, 3.8) is 0 Å². The summed E-state index contributed by atoms with van der Waals surface area (Å²) in [5.41, 5.74) is 2.70. The second-order valence-corrected chi connectivity index (χ2v) is 9.06. The summed E-state index contributed by atoms with van der Waals surface area (Å²) in [7, 11) is 1.71. The summed E-state index contributed by atoms with van der Waals surface area (Å²) in [6.45, 7) is 8.74. The molecule has 0 bridgehead atoms. The maximum atomic E-state index is 10.8. The van der Waals surface area contributed by atoms with Gasteiger partial charge in [-0.3, -0.25) is 4.79 Å². The number of benzene rings is 1. The highest BCUT2D eigenvalue weighted by Crippen LogP contribution is 2.29. The van der Waals surface area contributed by atoms with Crippen LogP contribution in [0.1, 0.15) is 45.6 Å². The second kappa shape index (κ2) is 10.6. The number of hydrogen-bond donors (Lipinski definition) is 2. The zero-order chi connectivity index (χ0) is 23.1. The van der Waals surface area contributed by atoms with Crippen molar-refractivity contribution in [3.8, 4) is 11.4 Å². The van der Waals surface area contributed by atoms with Crippen LogP contribution in [0.15, 0.2) is 22.7 Å². The first-order chi connectivity index (χ1) is 15.3. The number of carbonyl (C=O) groups excluding carboxylic acids is 1. The number of amides is 1. The van der Waals surface area contributed by atoms with Gasteiger partial charge >= 0.3 is 6.01 Å². The molecule has 0 atom stereocenters. The van der Waals surface area contributed by atoms with Crippen molar-refractivity contribution in [2.75, 3.05) is 43.5 Å². The lowest BCUT2D eigenvalue weighted by Gasteiger charge is -2.30. The lowest BCUT2D eigenvalue weighted by atomic mass is 9.92. The monoisotopic (exact) mass is 442 g/mol. The molecule has 2 heterocycles. The summed E-state index contributed by atoms with van der Waals surface area (Å²) in [6.07, 6.45) is 5.82. The van der Waals surface area contributed by atoms with Crippen LogP contribution in [-0.4, -0.2) is 72.6 Å². The molecule has 1 amide bonds. The molecule has 9 heteroatoms. The molecule has 1 aromatic heterocycles. The molecule has 9 nitrogen and oxygen atoms in total. The van der Waals surface area contributed by atoms with Crippen LogP contribution >= 0.6 is 0 Å². The summed E-state index contributed by atoms with van der Waals surface area (Å²) in [5.74, 6) is 0.533. The Balaban J connectivity index is 0.000000427. The summed E-state index contributed by atoms with van der Waals surface area (Å²) in [4.78, 5) is 19.1. The molecule has 4 rings (SSSR count). The van der Waals surface area contributed by atoms with Crippen LogP contribution in [0.25, 0.3) is 11.4 Å². The largest absolute Gasteiger partial charge is 0.382 e. The third kappa shape index (κ3) is 6.29. The minimum Gasteiger partial charge on any atom is -0.382 e. The minimum atomic E-state index is 0.0417. The highest BCUT2D eigenvalue weighted by Gasteiger charge is 2.22. The van der Waals surface area contributed by atoms with E-state index in [1.54, 1.807) is 12.0 Å². The van der Waals surface area contributed by atoms with Crippen LogP contribution in [0.3, 0.4) is 0 Å². The first-order valence-corrected chi connectivity index (χ1v) is 11.1. The molecule has 2 aliphatic rings. The number of methoxy groups -OCH3 is 1. The van der Waals surface area contributed by atoms with Crippen LogP contribution < -0.4 is 10.2 Å². The third-order valence-corrected chi connectivity index (χ3v) is 5.69. The van der Waals surface area contributed by atoms with Crippen molar-refractivity contribution in [2.24, 2.45) is 0 Å². The number of nitrogens with zero attached hydrogens (tertiary/aromatic N) is 4. The zero-order valence-electron chi connectivity index (χ0n) is 19.4. The van der Waals surface area contributed by atoms with E-state index in [1.165, 1.54) is 25.5 Å². The van der Waals surface area contributed by atoms with Gasteiger partial charge in [0.2, 0.25) is 12.2 Å². The van der Waals surface area contributed by atoms with E-state index in [2.05, 4.69) is 15.5 Å². The Hall–Kier alpha value is -2.94. The van der Waals surface area contributed by atoms with Crippen LogP contribution in [0.5, 0.6) is 0 Å². The SMILES string of the molecule is COC(C)(C)C.N=Cc1ccc(-c2noc(N3CCN(C=O)CC3)n2)cc1NC1CCC1. The number of anilines is 2. The highest BCUT2D eigenvalue weighted by molar-refractivity contribution is 5.87. The summed E-state index contributed by atoms with van der Waals surface area (Å²) < 4.78 is 10.4. The van der Waals surface area contributed by atoms with E-state index in [0.29, 0.717) is 44.1 Å². The van der Waals surface area contributed by atoms with Gasteiger partial charge in [-0.1, -0.05) is 17.3 Å². The fourth-order valence-corrected chi connectivity index (χ4v) is 3.20. The van der Waals surface area contributed by atoms with Gasteiger partial charge < -0.3 is 29.8 Å². The molecule has 1 aliphatic carbocycles.